The molecule has 0 saturated carbocycles. The van der Waals surface area contributed by atoms with Gasteiger partial charge in [-0.25, -0.2) is 12.8 Å². The lowest BCUT2D eigenvalue weighted by Gasteiger charge is -2.15. The molecule has 24 heavy (non-hydrogen) atoms. The molecule has 0 aliphatic heterocycles. The summed E-state index contributed by atoms with van der Waals surface area (Å²) >= 11 is 0. The van der Waals surface area contributed by atoms with Crippen LogP contribution in [0.15, 0.2) is 35.4 Å². The van der Waals surface area contributed by atoms with Gasteiger partial charge in [-0.05, 0) is 48.6 Å². The third kappa shape index (κ3) is 3.11. The highest BCUT2D eigenvalue weighted by atomic mass is 32.2. The van der Waals surface area contributed by atoms with Gasteiger partial charge < -0.3 is 0 Å². The SMILES string of the molecule is Cc1ncc(C2CCc3c(F)cccc3CC2=O)cc1S(C)(=O)=O. The lowest BCUT2D eigenvalue weighted by Crippen LogP contribution is -2.15. The van der Waals surface area contributed by atoms with E-state index in [1.165, 1.54) is 12.1 Å². The van der Waals surface area contributed by atoms with Gasteiger partial charge in [0.25, 0.3) is 0 Å². The zero-order chi connectivity index (χ0) is 17.5. The molecule has 1 aliphatic carbocycles. The van der Waals surface area contributed by atoms with Crippen LogP contribution in [-0.4, -0.2) is 25.4 Å². The Morgan fingerprint density at radius 1 is 1.29 bits per heavy atom. The Hall–Kier alpha value is -2.08. The van der Waals surface area contributed by atoms with Crippen molar-refractivity contribution in [2.24, 2.45) is 0 Å². The molecule has 0 spiro atoms. The van der Waals surface area contributed by atoms with Crippen LogP contribution in [0, 0.1) is 12.7 Å². The minimum atomic E-state index is -3.42. The summed E-state index contributed by atoms with van der Waals surface area (Å²) in [5.41, 5.74) is 2.29. The van der Waals surface area contributed by atoms with Gasteiger partial charge in [-0.15, -0.1) is 0 Å². The number of ketones is 1. The van der Waals surface area contributed by atoms with Crippen LogP contribution in [0.5, 0.6) is 0 Å². The van der Waals surface area contributed by atoms with Crippen molar-refractivity contribution in [3.63, 3.8) is 0 Å². The first-order valence-electron chi connectivity index (χ1n) is 7.73. The van der Waals surface area contributed by atoms with Crippen molar-refractivity contribution >= 4 is 15.6 Å². The summed E-state index contributed by atoms with van der Waals surface area (Å²) in [5, 5.41) is 0. The zero-order valence-corrected chi connectivity index (χ0v) is 14.4. The van der Waals surface area contributed by atoms with E-state index in [0.717, 1.165) is 6.26 Å². The van der Waals surface area contributed by atoms with Crippen LogP contribution >= 0.6 is 0 Å². The van der Waals surface area contributed by atoms with Crippen LogP contribution in [0.1, 0.15) is 34.7 Å². The van der Waals surface area contributed by atoms with Gasteiger partial charge in [-0.2, -0.15) is 0 Å². The second kappa shape index (κ2) is 6.09. The minimum absolute atomic E-state index is 0.0375. The average Bonchev–Trinajstić information content (AvgIpc) is 2.66. The molecule has 126 valence electrons. The lowest BCUT2D eigenvalue weighted by atomic mass is 9.91. The van der Waals surface area contributed by atoms with E-state index in [1.807, 2.05) is 0 Å². The van der Waals surface area contributed by atoms with Gasteiger partial charge >= 0.3 is 0 Å². The number of carbonyl (C=O) groups is 1. The number of hydrogen-bond donors (Lipinski definition) is 0. The fourth-order valence-electron chi connectivity index (χ4n) is 3.26. The number of carbonyl (C=O) groups excluding carboxylic acids is 1. The number of aromatic nitrogens is 1. The highest BCUT2D eigenvalue weighted by Gasteiger charge is 2.28. The number of aryl methyl sites for hydroxylation is 1. The van der Waals surface area contributed by atoms with Crippen molar-refractivity contribution in [1.29, 1.82) is 0 Å². The zero-order valence-electron chi connectivity index (χ0n) is 13.5. The minimum Gasteiger partial charge on any atom is -0.299 e. The molecule has 1 aliphatic rings. The van der Waals surface area contributed by atoms with Crippen LogP contribution < -0.4 is 0 Å². The van der Waals surface area contributed by atoms with Crippen LogP contribution in [0.4, 0.5) is 4.39 Å². The molecule has 1 heterocycles. The molecular weight excluding hydrogens is 329 g/mol. The monoisotopic (exact) mass is 347 g/mol. The number of hydrogen-bond acceptors (Lipinski definition) is 4. The van der Waals surface area contributed by atoms with E-state index in [-0.39, 0.29) is 22.9 Å². The van der Waals surface area contributed by atoms with Gasteiger partial charge in [0.1, 0.15) is 11.6 Å². The van der Waals surface area contributed by atoms with Crippen molar-refractivity contribution < 1.29 is 17.6 Å². The summed E-state index contributed by atoms with van der Waals surface area (Å²) < 4.78 is 37.8. The number of pyridine rings is 1. The molecule has 3 rings (SSSR count). The van der Waals surface area contributed by atoms with E-state index < -0.39 is 15.8 Å². The van der Waals surface area contributed by atoms with E-state index in [2.05, 4.69) is 4.98 Å². The molecule has 0 saturated heterocycles. The van der Waals surface area contributed by atoms with E-state index in [1.54, 1.807) is 25.3 Å². The summed E-state index contributed by atoms with van der Waals surface area (Å²) in [6, 6.07) is 6.32. The van der Waals surface area contributed by atoms with Crippen molar-refractivity contribution in [3.05, 3.63) is 58.7 Å². The first kappa shape index (κ1) is 16.8. The van der Waals surface area contributed by atoms with Crippen LogP contribution in [0.2, 0.25) is 0 Å². The maximum atomic E-state index is 14.0. The Labute approximate surface area is 140 Å². The maximum absolute atomic E-state index is 14.0. The van der Waals surface area contributed by atoms with Gasteiger partial charge in [0.15, 0.2) is 9.84 Å². The van der Waals surface area contributed by atoms with Gasteiger partial charge in [-0.1, -0.05) is 12.1 Å². The fourth-order valence-corrected chi connectivity index (χ4v) is 4.20. The molecule has 1 unspecified atom stereocenters. The Balaban J connectivity index is 2.00. The van der Waals surface area contributed by atoms with Crippen LogP contribution in [0.3, 0.4) is 0 Å². The molecule has 2 aromatic rings. The highest BCUT2D eigenvalue weighted by Crippen LogP contribution is 2.31. The van der Waals surface area contributed by atoms with Crippen molar-refractivity contribution in [1.82, 2.24) is 4.98 Å². The summed E-state index contributed by atoms with van der Waals surface area (Å²) in [4.78, 5) is 16.9. The molecule has 1 aromatic heterocycles. The molecule has 0 bridgehead atoms. The molecule has 0 amide bonds. The fraction of sp³-hybridized carbons (Fsp3) is 0.333. The number of nitrogens with zero attached hydrogens (tertiary/aromatic N) is 1. The summed E-state index contributed by atoms with van der Waals surface area (Å²) in [7, 11) is -3.42. The molecular formula is C18H18FNO3S. The number of Topliss-reactive ketones (excluding diaryl/α,β-unsaturated/α-hetero) is 1. The van der Waals surface area contributed by atoms with Crippen LogP contribution in [0.25, 0.3) is 0 Å². The Bertz CT molecular complexity index is 922. The quantitative estimate of drug-likeness (QED) is 0.784. The topological polar surface area (TPSA) is 64.1 Å². The van der Waals surface area contributed by atoms with E-state index >= 15 is 0 Å². The number of benzene rings is 1. The second-order valence-corrected chi connectivity index (χ2v) is 8.22. The van der Waals surface area contributed by atoms with Gasteiger partial charge in [0.2, 0.25) is 0 Å². The number of sulfone groups is 1. The van der Waals surface area contributed by atoms with Gasteiger partial charge in [0, 0.05) is 24.8 Å². The van der Waals surface area contributed by atoms with Gasteiger partial charge in [0.05, 0.1) is 10.6 Å². The molecule has 6 heteroatoms. The van der Waals surface area contributed by atoms with Gasteiger partial charge in [-0.3, -0.25) is 9.78 Å². The van der Waals surface area contributed by atoms with Crippen molar-refractivity contribution in [2.45, 2.75) is 37.0 Å². The standard InChI is InChI=1S/C18H18FNO3S/c1-11-18(24(2,22)23)9-13(10-20-11)15-7-6-14-12(8-17(15)21)4-3-5-16(14)19/h3-5,9-10,15H,6-8H2,1-2H3. The largest absolute Gasteiger partial charge is 0.299 e. The molecule has 4 nitrogen and oxygen atoms in total. The summed E-state index contributed by atoms with van der Waals surface area (Å²) in [5.74, 6) is -0.797. The molecule has 1 atom stereocenters. The van der Waals surface area contributed by atoms with Crippen molar-refractivity contribution in [3.8, 4) is 0 Å². The highest BCUT2D eigenvalue weighted by molar-refractivity contribution is 7.90. The van der Waals surface area contributed by atoms with Crippen molar-refractivity contribution in [2.75, 3.05) is 6.26 Å². The third-order valence-corrected chi connectivity index (χ3v) is 5.73. The smallest absolute Gasteiger partial charge is 0.177 e. The molecule has 1 aromatic carbocycles. The third-order valence-electron chi connectivity index (χ3n) is 4.52. The molecule has 0 N–H and O–H groups in total. The second-order valence-electron chi connectivity index (χ2n) is 6.24. The van der Waals surface area contributed by atoms with E-state index in [9.17, 15) is 17.6 Å². The lowest BCUT2D eigenvalue weighted by molar-refractivity contribution is -0.119. The first-order valence-corrected chi connectivity index (χ1v) is 9.62. The molecule has 0 radical (unpaired) electrons. The van der Waals surface area contributed by atoms with E-state index in [4.69, 9.17) is 0 Å². The Kier molecular flexibility index (Phi) is 4.25. The number of fused-ring (bicyclic) bond motifs is 1. The average molecular weight is 347 g/mol. The normalized spacial score (nSPS) is 18.1. The Morgan fingerprint density at radius 2 is 2.04 bits per heavy atom. The predicted molar refractivity (Wildman–Crippen MR) is 88.3 cm³/mol. The molecule has 0 fully saturated rings. The Morgan fingerprint density at radius 3 is 2.75 bits per heavy atom. The predicted octanol–water partition coefficient (Wildman–Crippen LogP) is 2.77. The maximum Gasteiger partial charge on any atom is 0.177 e. The first-order chi connectivity index (χ1) is 11.3. The summed E-state index contributed by atoms with van der Waals surface area (Å²) in [6.07, 6.45) is 3.72. The number of halogens is 1. The number of rotatable bonds is 2. The van der Waals surface area contributed by atoms with Crippen LogP contribution in [-0.2, 0) is 27.5 Å². The van der Waals surface area contributed by atoms with E-state index in [0.29, 0.717) is 35.2 Å². The summed E-state index contributed by atoms with van der Waals surface area (Å²) in [6.45, 7) is 1.63.